The molecule has 0 aromatic heterocycles. The van der Waals surface area contributed by atoms with E-state index in [-0.39, 0.29) is 11.7 Å². The molecule has 0 radical (unpaired) electrons. The molecular weight excluding hydrogens is 258 g/mol. The normalized spacial score (nSPS) is 15.7. The molecule has 1 unspecified atom stereocenters. The van der Waals surface area contributed by atoms with Crippen LogP contribution in [-0.2, 0) is 9.53 Å². The number of methoxy groups -OCH3 is 1. The molecule has 1 atom stereocenters. The van der Waals surface area contributed by atoms with Gasteiger partial charge in [-0.1, -0.05) is 6.07 Å². The van der Waals surface area contributed by atoms with Crippen LogP contribution in [0, 0.1) is 5.92 Å². The van der Waals surface area contributed by atoms with Crippen LogP contribution < -0.4 is 10.1 Å². The van der Waals surface area contributed by atoms with Crippen LogP contribution in [0.4, 0.5) is 0 Å². The highest BCUT2D eigenvalue weighted by atomic mass is 16.5. The fourth-order valence-electron chi connectivity index (χ4n) is 2.06. The summed E-state index contributed by atoms with van der Waals surface area (Å²) < 4.78 is 10.1. The fraction of sp³-hybridized carbons (Fsp3) is 0.533. The monoisotopic (exact) mass is 279 g/mol. The number of hydrogen-bond acceptors (Lipinski definition) is 5. The van der Waals surface area contributed by atoms with E-state index < -0.39 is 6.04 Å². The molecule has 1 aliphatic carbocycles. The molecule has 5 heteroatoms. The van der Waals surface area contributed by atoms with Gasteiger partial charge in [0.1, 0.15) is 6.04 Å². The van der Waals surface area contributed by atoms with E-state index in [1.54, 1.807) is 25.1 Å². The second kappa shape index (κ2) is 6.61. The highest BCUT2D eigenvalue weighted by Crippen LogP contribution is 2.31. The average molecular weight is 279 g/mol. The summed E-state index contributed by atoms with van der Waals surface area (Å²) in [6.45, 7) is 2.90. The third kappa shape index (κ3) is 3.63. The number of hydrogen-bond donors (Lipinski definition) is 2. The largest absolute Gasteiger partial charge is 0.504 e. The summed E-state index contributed by atoms with van der Waals surface area (Å²) >= 11 is 0. The van der Waals surface area contributed by atoms with E-state index in [9.17, 15) is 9.90 Å². The zero-order valence-corrected chi connectivity index (χ0v) is 11.9. The van der Waals surface area contributed by atoms with E-state index in [1.807, 2.05) is 0 Å². The van der Waals surface area contributed by atoms with Gasteiger partial charge >= 0.3 is 5.97 Å². The van der Waals surface area contributed by atoms with Gasteiger partial charge in [-0.15, -0.1) is 0 Å². The first kappa shape index (κ1) is 14.7. The van der Waals surface area contributed by atoms with Crippen molar-refractivity contribution in [1.29, 1.82) is 0 Å². The summed E-state index contributed by atoms with van der Waals surface area (Å²) in [7, 11) is 1.49. The minimum atomic E-state index is -0.549. The van der Waals surface area contributed by atoms with Crippen LogP contribution in [0.25, 0.3) is 0 Å². The van der Waals surface area contributed by atoms with Crippen LogP contribution in [0.1, 0.15) is 31.4 Å². The molecule has 2 N–H and O–H groups in total. The number of esters is 1. The van der Waals surface area contributed by atoms with Crippen molar-refractivity contribution in [3.8, 4) is 11.5 Å². The van der Waals surface area contributed by atoms with Crippen LogP contribution in [0.2, 0.25) is 0 Å². The first-order valence-corrected chi connectivity index (χ1v) is 6.92. The lowest BCUT2D eigenvalue weighted by Crippen LogP contribution is -2.31. The molecule has 20 heavy (non-hydrogen) atoms. The Morgan fingerprint density at radius 1 is 1.50 bits per heavy atom. The SMILES string of the molecule is CCOC(=O)C(NCC1CC1)c1ccc(OC)c(O)c1. The molecule has 1 aromatic carbocycles. The maximum atomic E-state index is 12.0. The molecular formula is C15H21NO4. The quantitative estimate of drug-likeness (QED) is 0.747. The van der Waals surface area contributed by atoms with Gasteiger partial charge in [0.05, 0.1) is 13.7 Å². The van der Waals surface area contributed by atoms with Gasteiger partial charge in [-0.05, 0) is 49.9 Å². The smallest absolute Gasteiger partial charge is 0.327 e. The number of nitrogens with one attached hydrogen (secondary N) is 1. The molecule has 1 saturated carbocycles. The average Bonchev–Trinajstić information content (AvgIpc) is 3.23. The summed E-state index contributed by atoms with van der Waals surface area (Å²) in [5, 5.41) is 13.1. The first-order valence-electron chi connectivity index (χ1n) is 6.92. The summed E-state index contributed by atoms with van der Waals surface area (Å²) in [5.74, 6) is 0.738. The highest BCUT2D eigenvalue weighted by Gasteiger charge is 2.27. The van der Waals surface area contributed by atoms with Gasteiger partial charge in [-0.25, -0.2) is 4.79 Å². The Balaban J connectivity index is 2.14. The van der Waals surface area contributed by atoms with Crippen LogP contribution in [0.3, 0.4) is 0 Å². The zero-order valence-electron chi connectivity index (χ0n) is 11.9. The van der Waals surface area contributed by atoms with E-state index in [0.29, 0.717) is 23.8 Å². The van der Waals surface area contributed by atoms with E-state index in [1.165, 1.54) is 20.0 Å². The van der Waals surface area contributed by atoms with Crippen LogP contribution in [0.5, 0.6) is 11.5 Å². The minimum Gasteiger partial charge on any atom is -0.504 e. The van der Waals surface area contributed by atoms with Crippen molar-refractivity contribution < 1.29 is 19.4 Å². The number of benzene rings is 1. The number of ether oxygens (including phenoxy) is 2. The summed E-state index contributed by atoms with van der Waals surface area (Å²) in [4.78, 5) is 12.0. The van der Waals surface area contributed by atoms with Gasteiger partial charge < -0.3 is 19.9 Å². The molecule has 0 heterocycles. The van der Waals surface area contributed by atoms with Gasteiger partial charge in [-0.2, -0.15) is 0 Å². The Hall–Kier alpha value is -1.75. The van der Waals surface area contributed by atoms with Crippen molar-refractivity contribution in [3.63, 3.8) is 0 Å². The Bertz CT molecular complexity index is 471. The Morgan fingerprint density at radius 3 is 2.80 bits per heavy atom. The van der Waals surface area contributed by atoms with E-state index in [0.717, 1.165) is 6.54 Å². The van der Waals surface area contributed by atoms with Crippen molar-refractivity contribution >= 4 is 5.97 Å². The summed E-state index contributed by atoms with van der Waals surface area (Å²) in [6, 6.07) is 4.41. The molecule has 0 saturated heterocycles. The number of phenols is 1. The lowest BCUT2D eigenvalue weighted by Gasteiger charge is -2.18. The van der Waals surface area contributed by atoms with Gasteiger partial charge in [0.15, 0.2) is 11.5 Å². The van der Waals surface area contributed by atoms with Gasteiger partial charge in [0.25, 0.3) is 0 Å². The standard InChI is InChI=1S/C15H21NO4/c1-3-20-15(18)14(16-9-10-4-5-10)11-6-7-13(19-2)12(17)8-11/h6-8,10,14,16-17H,3-5,9H2,1-2H3. The van der Waals surface area contributed by atoms with Gasteiger partial charge in [-0.3, -0.25) is 0 Å². The molecule has 0 aliphatic heterocycles. The molecule has 5 nitrogen and oxygen atoms in total. The molecule has 0 spiro atoms. The summed E-state index contributed by atoms with van der Waals surface area (Å²) in [5.41, 5.74) is 0.683. The zero-order chi connectivity index (χ0) is 14.5. The van der Waals surface area contributed by atoms with Crippen molar-refractivity contribution in [1.82, 2.24) is 5.32 Å². The first-order chi connectivity index (χ1) is 9.65. The second-order valence-electron chi connectivity index (χ2n) is 4.97. The third-order valence-corrected chi connectivity index (χ3v) is 3.37. The Morgan fingerprint density at radius 2 is 2.25 bits per heavy atom. The van der Waals surface area contributed by atoms with Crippen molar-refractivity contribution in [2.45, 2.75) is 25.8 Å². The molecule has 0 amide bonds. The lowest BCUT2D eigenvalue weighted by atomic mass is 10.1. The highest BCUT2D eigenvalue weighted by molar-refractivity contribution is 5.78. The molecule has 2 rings (SSSR count). The predicted molar refractivity (Wildman–Crippen MR) is 74.8 cm³/mol. The number of rotatable bonds is 7. The molecule has 1 aliphatic rings. The van der Waals surface area contributed by atoms with Crippen LogP contribution in [-0.4, -0.2) is 31.3 Å². The predicted octanol–water partition coefficient (Wildman–Crippen LogP) is 2.00. The third-order valence-electron chi connectivity index (χ3n) is 3.37. The van der Waals surface area contributed by atoms with Gasteiger partial charge in [0.2, 0.25) is 0 Å². The van der Waals surface area contributed by atoms with Crippen molar-refractivity contribution in [2.24, 2.45) is 5.92 Å². The van der Waals surface area contributed by atoms with Gasteiger partial charge in [0, 0.05) is 0 Å². The number of carbonyl (C=O) groups excluding carboxylic acids is 1. The topological polar surface area (TPSA) is 67.8 Å². The Kier molecular flexibility index (Phi) is 4.84. The summed E-state index contributed by atoms with van der Waals surface area (Å²) in [6.07, 6.45) is 2.41. The maximum absolute atomic E-state index is 12.0. The number of phenolic OH excluding ortho intramolecular Hbond substituents is 1. The number of carbonyl (C=O) groups is 1. The molecule has 1 aromatic rings. The van der Waals surface area contributed by atoms with E-state index >= 15 is 0 Å². The molecule has 1 fully saturated rings. The lowest BCUT2D eigenvalue weighted by molar-refractivity contribution is -0.145. The van der Waals surface area contributed by atoms with Crippen molar-refractivity contribution in [3.05, 3.63) is 23.8 Å². The Labute approximate surface area is 118 Å². The maximum Gasteiger partial charge on any atom is 0.327 e. The van der Waals surface area contributed by atoms with Crippen molar-refractivity contribution in [2.75, 3.05) is 20.3 Å². The minimum absolute atomic E-state index is 0.0209. The fourth-order valence-corrected chi connectivity index (χ4v) is 2.06. The number of aromatic hydroxyl groups is 1. The molecule has 110 valence electrons. The molecule has 0 bridgehead atoms. The van der Waals surface area contributed by atoms with Crippen LogP contribution in [0.15, 0.2) is 18.2 Å². The van der Waals surface area contributed by atoms with E-state index in [2.05, 4.69) is 5.32 Å². The second-order valence-corrected chi connectivity index (χ2v) is 4.97. The van der Waals surface area contributed by atoms with E-state index in [4.69, 9.17) is 9.47 Å². The van der Waals surface area contributed by atoms with Crippen LogP contribution >= 0.6 is 0 Å².